The van der Waals surface area contributed by atoms with Gasteiger partial charge >= 0.3 is 0 Å². The molecule has 0 unspecified atom stereocenters. The molecular weight excluding hydrogens is 356 g/mol. The molecule has 142 valence electrons. The standard InChI is InChI=1S/C26H22N2O/c1-19(20-9-3-2-4-10-20)28-25-14-8-7-13-24(25)27-26(28)18-29-23-16-15-21-11-5-6-12-22(21)17-23/h2-17,19H,18H2,1H3/t19-/m1/s1. The molecule has 0 radical (unpaired) electrons. The minimum Gasteiger partial charge on any atom is -0.486 e. The van der Waals surface area contributed by atoms with E-state index in [0.717, 1.165) is 22.6 Å². The molecule has 0 aliphatic heterocycles. The van der Waals surface area contributed by atoms with E-state index in [1.54, 1.807) is 0 Å². The number of imidazole rings is 1. The largest absolute Gasteiger partial charge is 0.486 e. The summed E-state index contributed by atoms with van der Waals surface area (Å²) in [6.07, 6.45) is 0. The van der Waals surface area contributed by atoms with Gasteiger partial charge in [-0.25, -0.2) is 4.98 Å². The Morgan fingerprint density at radius 1 is 0.793 bits per heavy atom. The molecule has 0 amide bonds. The third-order valence-corrected chi connectivity index (χ3v) is 5.43. The van der Waals surface area contributed by atoms with Gasteiger partial charge in [0.15, 0.2) is 0 Å². The van der Waals surface area contributed by atoms with Crippen molar-refractivity contribution in [1.29, 1.82) is 0 Å². The molecule has 4 aromatic carbocycles. The molecule has 1 aromatic heterocycles. The molecule has 5 rings (SSSR count). The van der Waals surface area contributed by atoms with Crippen molar-refractivity contribution in [1.82, 2.24) is 9.55 Å². The fourth-order valence-electron chi connectivity index (χ4n) is 3.91. The van der Waals surface area contributed by atoms with E-state index in [9.17, 15) is 0 Å². The van der Waals surface area contributed by atoms with Gasteiger partial charge in [-0.3, -0.25) is 0 Å². The fourth-order valence-corrected chi connectivity index (χ4v) is 3.91. The fraction of sp³-hybridized carbons (Fsp3) is 0.115. The molecular formula is C26H22N2O. The van der Waals surface area contributed by atoms with E-state index >= 15 is 0 Å². The zero-order valence-corrected chi connectivity index (χ0v) is 16.3. The summed E-state index contributed by atoms with van der Waals surface area (Å²) in [4.78, 5) is 4.87. The van der Waals surface area contributed by atoms with Gasteiger partial charge in [0.05, 0.1) is 17.1 Å². The highest BCUT2D eigenvalue weighted by atomic mass is 16.5. The Labute approximate surface area is 170 Å². The van der Waals surface area contributed by atoms with Crippen molar-refractivity contribution in [3.05, 3.63) is 108 Å². The Balaban J connectivity index is 1.50. The van der Waals surface area contributed by atoms with Gasteiger partial charge in [-0.2, -0.15) is 0 Å². The Morgan fingerprint density at radius 2 is 1.52 bits per heavy atom. The summed E-state index contributed by atoms with van der Waals surface area (Å²) >= 11 is 0. The molecule has 0 spiro atoms. The highest BCUT2D eigenvalue weighted by molar-refractivity contribution is 5.83. The smallest absolute Gasteiger partial charge is 0.148 e. The topological polar surface area (TPSA) is 27.1 Å². The van der Waals surface area contributed by atoms with E-state index < -0.39 is 0 Å². The number of aromatic nitrogens is 2. The van der Waals surface area contributed by atoms with Gasteiger partial charge in [-0.05, 0) is 47.5 Å². The molecule has 5 aromatic rings. The van der Waals surface area contributed by atoms with Gasteiger partial charge < -0.3 is 9.30 Å². The molecule has 3 nitrogen and oxygen atoms in total. The third kappa shape index (κ3) is 3.36. The van der Waals surface area contributed by atoms with Crippen molar-refractivity contribution in [2.45, 2.75) is 19.6 Å². The van der Waals surface area contributed by atoms with Gasteiger partial charge in [-0.15, -0.1) is 0 Å². The first-order valence-corrected chi connectivity index (χ1v) is 9.92. The molecule has 0 saturated carbocycles. The third-order valence-electron chi connectivity index (χ3n) is 5.43. The minimum absolute atomic E-state index is 0.166. The van der Waals surface area contributed by atoms with Gasteiger partial charge in [0.25, 0.3) is 0 Å². The maximum atomic E-state index is 6.17. The monoisotopic (exact) mass is 378 g/mol. The number of ether oxygens (including phenoxy) is 1. The van der Waals surface area contributed by atoms with Crippen molar-refractivity contribution in [3.63, 3.8) is 0 Å². The average Bonchev–Trinajstić information content (AvgIpc) is 3.16. The Morgan fingerprint density at radius 3 is 2.38 bits per heavy atom. The van der Waals surface area contributed by atoms with Gasteiger partial charge in [0.1, 0.15) is 18.2 Å². The Bertz CT molecular complexity index is 1270. The molecule has 29 heavy (non-hydrogen) atoms. The number of fused-ring (bicyclic) bond motifs is 2. The van der Waals surface area contributed by atoms with E-state index in [2.05, 4.69) is 84.3 Å². The predicted octanol–water partition coefficient (Wildman–Crippen LogP) is 6.38. The van der Waals surface area contributed by atoms with E-state index in [4.69, 9.17) is 9.72 Å². The van der Waals surface area contributed by atoms with E-state index in [1.165, 1.54) is 16.3 Å². The van der Waals surface area contributed by atoms with Crippen LogP contribution in [0.2, 0.25) is 0 Å². The number of para-hydroxylation sites is 2. The number of nitrogens with zero attached hydrogens (tertiary/aromatic N) is 2. The van der Waals surface area contributed by atoms with Crippen LogP contribution in [0.1, 0.15) is 24.4 Å². The molecule has 0 saturated heterocycles. The summed E-state index contributed by atoms with van der Waals surface area (Å²) in [5.74, 6) is 1.78. The lowest BCUT2D eigenvalue weighted by Crippen LogP contribution is -2.12. The average molecular weight is 378 g/mol. The van der Waals surface area contributed by atoms with E-state index in [-0.39, 0.29) is 6.04 Å². The maximum absolute atomic E-state index is 6.17. The SMILES string of the molecule is C[C@H](c1ccccc1)n1c(COc2ccc3ccccc3c2)nc2ccccc21. The first-order valence-electron chi connectivity index (χ1n) is 9.92. The van der Waals surface area contributed by atoms with Crippen molar-refractivity contribution in [3.8, 4) is 5.75 Å². The van der Waals surface area contributed by atoms with E-state index in [0.29, 0.717) is 6.61 Å². The second-order valence-electron chi connectivity index (χ2n) is 7.27. The molecule has 0 aliphatic carbocycles. The highest BCUT2D eigenvalue weighted by Gasteiger charge is 2.17. The summed E-state index contributed by atoms with van der Waals surface area (Å²) in [5.41, 5.74) is 3.37. The quantitative estimate of drug-likeness (QED) is 0.355. The van der Waals surface area contributed by atoms with Crippen LogP contribution >= 0.6 is 0 Å². The van der Waals surface area contributed by atoms with Crippen molar-refractivity contribution >= 4 is 21.8 Å². The predicted molar refractivity (Wildman–Crippen MR) is 118 cm³/mol. The molecule has 1 atom stereocenters. The van der Waals surface area contributed by atoms with Crippen LogP contribution in [0, 0.1) is 0 Å². The zero-order chi connectivity index (χ0) is 19.6. The molecule has 0 bridgehead atoms. The van der Waals surface area contributed by atoms with Crippen molar-refractivity contribution < 1.29 is 4.74 Å². The molecule has 0 aliphatic rings. The number of benzene rings is 4. The molecule has 0 fully saturated rings. The van der Waals surface area contributed by atoms with Crippen LogP contribution in [-0.2, 0) is 6.61 Å². The highest BCUT2D eigenvalue weighted by Crippen LogP contribution is 2.27. The van der Waals surface area contributed by atoms with Crippen LogP contribution in [0.25, 0.3) is 21.8 Å². The number of rotatable bonds is 5. The maximum Gasteiger partial charge on any atom is 0.148 e. The Kier molecular flexibility index (Phi) is 4.49. The van der Waals surface area contributed by atoms with Gasteiger partial charge in [-0.1, -0.05) is 72.8 Å². The molecule has 0 N–H and O–H groups in total. The second kappa shape index (κ2) is 7.44. The summed E-state index contributed by atoms with van der Waals surface area (Å²) in [7, 11) is 0. The zero-order valence-electron chi connectivity index (χ0n) is 16.3. The lowest BCUT2D eigenvalue weighted by Gasteiger charge is -2.18. The van der Waals surface area contributed by atoms with Crippen LogP contribution in [0.15, 0.2) is 97.1 Å². The van der Waals surface area contributed by atoms with Crippen molar-refractivity contribution in [2.75, 3.05) is 0 Å². The van der Waals surface area contributed by atoms with Gasteiger partial charge in [0.2, 0.25) is 0 Å². The number of hydrogen-bond acceptors (Lipinski definition) is 2. The van der Waals surface area contributed by atoms with Crippen molar-refractivity contribution in [2.24, 2.45) is 0 Å². The van der Waals surface area contributed by atoms with Gasteiger partial charge in [0, 0.05) is 0 Å². The lowest BCUT2D eigenvalue weighted by molar-refractivity contribution is 0.289. The summed E-state index contributed by atoms with van der Waals surface area (Å²) < 4.78 is 8.46. The van der Waals surface area contributed by atoms with Crippen LogP contribution in [0.3, 0.4) is 0 Å². The van der Waals surface area contributed by atoms with Crippen LogP contribution in [-0.4, -0.2) is 9.55 Å². The normalized spacial score (nSPS) is 12.3. The van der Waals surface area contributed by atoms with E-state index in [1.807, 2.05) is 24.3 Å². The summed E-state index contributed by atoms with van der Waals surface area (Å²) in [6.45, 7) is 2.63. The first kappa shape index (κ1) is 17.5. The number of hydrogen-bond donors (Lipinski definition) is 0. The second-order valence-corrected chi connectivity index (χ2v) is 7.27. The lowest BCUT2D eigenvalue weighted by atomic mass is 10.1. The first-order chi connectivity index (χ1) is 14.3. The minimum atomic E-state index is 0.166. The molecule has 3 heteroatoms. The van der Waals surface area contributed by atoms with Crippen LogP contribution < -0.4 is 4.74 Å². The summed E-state index contributed by atoms with van der Waals surface area (Å²) in [6, 6.07) is 33.5. The molecule has 1 heterocycles. The van der Waals surface area contributed by atoms with Crippen LogP contribution in [0.4, 0.5) is 0 Å². The Hall–Kier alpha value is -3.59. The van der Waals surface area contributed by atoms with Crippen LogP contribution in [0.5, 0.6) is 5.75 Å². The summed E-state index contributed by atoms with van der Waals surface area (Å²) in [5, 5.41) is 2.39.